The lowest BCUT2D eigenvalue weighted by Crippen LogP contribution is -2.46. The highest BCUT2D eigenvalue weighted by molar-refractivity contribution is 5.32. The van der Waals surface area contributed by atoms with Crippen molar-refractivity contribution in [2.24, 2.45) is 5.73 Å². The molecule has 2 atom stereocenters. The van der Waals surface area contributed by atoms with Crippen LogP contribution < -0.4 is 5.73 Å². The van der Waals surface area contributed by atoms with Crippen LogP contribution in [0.25, 0.3) is 0 Å². The standard InChI is InChI=1S/C14H19F3N2O/c1-10(19-6-7-20-11(8-18)9-19)12-4-2-3-5-13(12)14(15,16)17/h2-5,10-11H,6-9,18H2,1H3. The lowest BCUT2D eigenvalue weighted by molar-refractivity contribution is -0.139. The molecule has 0 saturated carbocycles. The molecule has 1 fully saturated rings. The average Bonchev–Trinajstić information content (AvgIpc) is 2.45. The highest BCUT2D eigenvalue weighted by atomic mass is 19.4. The Labute approximate surface area is 116 Å². The monoisotopic (exact) mass is 288 g/mol. The summed E-state index contributed by atoms with van der Waals surface area (Å²) in [6, 6.07) is 5.42. The molecule has 0 aliphatic carbocycles. The summed E-state index contributed by atoms with van der Waals surface area (Å²) in [6.45, 7) is 3.85. The molecule has 2 N–H and O–H groups in total. The van der Waals surface area contributed by atoms with Gasteiger partial charge >= 0.3 is 6.18 Å². The number of hydrogen-bond donors (Lipinski definition) is 1. The van der Waals surface area contributed by atoms with Gasteiger partial charge in [-0.15, -0.1) is 0 Å². The van der Waals surface area contributed by atoms with E-state index >= 15 is 0 Å². The van der Waals surface area contributed by atoms with Crippen molar-refractivity contribution >= 4 is 0 Å². The zero-order valence-electron chi connectivity index (χ0n) is 11.4. The summed E-state index contributed by atoms with van der Waals surface area (Å²) < 4.78 is 44.6. The highest BCUT2D eigenvalue weighted by Crippen LogP contribution is 2.36. The van der Waals surface area contributed by atoms with Crippen LogP contribution in [0, 0.1) is 0 Å². The van der Waals surface area contributed by atoms with Gasteiger partial charge in [-0.25, -0.2) is 0 Å². The van der Waals surface area contributed by atoms with Crippen molar-refractivity contribution in [1.82, 2.24) is 4.90 Å². The number of alkyl halides is 3. The number of rotatable bonds is 3. The van der Waals surface area contributed by atoms with Crippen LogP contribution in [0.2, 0.25) is 0 Å². The van der Waals surface area contributed by atoms with E-state index in [9.17, 15) is 13.2 Å². The van der Waals surface area contributed by atoms with E-state index in [0.717, 1.165) is 6.07 Å². The van der Waals surface area contributed by atoms with Crippen LogP contribution in [-0.4, -0.2) is 37.2 Å². The minimum atomic E-state index is -4.33. The van der Waals surface area contributed by atoms with Crippen LogP contribution in [0.15, 0.2) is 24.3 Å². The summed E-state index contributed by atoms with van der Waals surface area (Å²) in [5.41, 5.74) is 5.31. The highest BCUT2D eigenvalue weighted by Gasteiger charge is 2.35. The maximum Gasteiger partial charge on any atom is 0.416 e. The van der Waals surface area contributed by atoms with Crippen LogP contribution in [0.5, 0.6) is 0 Å². The fraction of sp³-hybridized carbons (Fsp3) is 0.571. The lowest BCUT2D eigenvalue weighted by Gasteiger charge is -2.37. The van der Waals surface area contributed by atoms with Gasteiger partial charge in [-0.3, -0.25) is 4.90 Å². The predicted octanol–water partition coefficient (Wildman–Crippen LogP) is 2.43. The van der Waals surface area contributed by atoms with Gasteiger partial charge in [0.1, 0.15) is 0 Å². The number of nitrogens with two attached hydrogens (primary N) is 1. The van der Waals surface area contributed by atoms with Crippen LogP contribution in [0.3, 0.4) is 0 Å². The Morgan fingerprint density at radius 2 is 2.10 bits per heavy atom. The second-order valence-corrected chi connectivity index (χ2v) is 4.98. The second kappa shape index (κ2) is 6.11. The third-order valence-corrected chi connectivity index (χ3v) is 3.70. The number of ether oxygens (including phenoxy) is 1. The van der Waals surface area contributed by atoms with Gasteiger partial charge in [0.05, 0.1) is 18.3 Å². The van der Waals surface area contributed by atoms with E-state index in [4.69, 9.17) is 10.5 Å². The molecule has 3 nitrogen and oxygen atoms in total. The van der Waals surface area contributed by atoms with E-state index in [1.54, 1.807) is 19.1 Å². The molecular weight excluding hydrogens is 269 g/mol. The van der Waals surface area contributed by atoms with Crippen LogP contribution in [0.4, 0.5) is 13.2 Å². The lowest BCUT2D eigenvalue weighted by atomic mass is 9.99. The van der Waals surface area contributed by atoms with Crippen molar-refractivity contribution in [1.29, 1.82) is 0 Å². The fourth-order valence-corrected chi connectivity index (χ4v) is 2.55. The Morgan fingerprint density at radius 3 is 2.75 bits per heavy atom. The van der Waals surface area contributed by atoms with Gasteiger partial charge in [-0.1, -0.05) is 18.2 Å². The zero-order valence-corrected chi connectivity index (χ0v) is 11.4. The molecule has 112 valence electrons. The van der Waals surface area contributed by atoms with Crippen LogP contribution in [0.1, 0.15) is 24.1 Å². The van der Waals surface area contributed by atoms with Crippen molar-refractivity contribution in [2.75, 3.05) is 26.2 Å². The van der Waals surface area contributed by atoms with E-state index in [2.05, 4.69) is 0 Å². The maximum atomic E-state index is 13.1. The van der Waals surface area contributed by atoms with E-state index in [-0.39, 0.29) is 12.1 Å². The minimum absolute atomic E-state index is 0.107. The minimum Gasteiger partial charge on any atom is -0.374 e. The van der Waals surface area contributed by atoms with E-state index in [1.807, 2.05) is 4.90 Å². The molecule has 0 aromatic heterocycles. The van der Waals surface area contributed by atoms with Crippen molar-refractivity contribution < 1.29 is 17.9 Å². The summed E-state index contributed by atoms with van der Waals surface area (Å²) in [6.07, 6.45) is -4.44. The molecule has 0 spiro atoms. The molecule has 6 heteroatoms. The Kier molecular flexibility index (Phi) is 4.67. The largest absolute Gasteiger partial charge is 0.416 e. The Morgan fingerprint density at radius 1 is 1.40 bits per heavy atom. The van der Waals surface area contributed by atoms with Crippen LogP contribution in [-0.2, 0) is 10.9 Å². The number of hydrogen-bond acceptors (Lipinski definition) is 3. The molecule has 1 aromatic carbocycles. The molecular formula is C14H19F3N2O. The molecule has 1 heterocycles. The molecule has 2 rings (SSSR count). The fourth-order valence-electron chi connectivity index (χ4n) is 2.55. The summed E-state index contributed by atoms with van der Waals surface area (Å²) in [4.78, 5) is 1.99. The van der Waals surface area contributed by atoms with Gasteiger partial charge in [0.25, 0.3) is 0 Å². The first-order chi connectivity index (χ1) is 9.43. The van der Waals surface area contributed by atoms with E-state index in [1.165, 1.54) is 6.07 Å². The van der Waals surface area contributed by atoms with Crippen molar-refractivity contribution in [2.45, 2.75) is 25.2 Å². The van der Waals surface area contributed by atoms with Gasteiger partial charge in [-0.05, 0) is 18.6 Å². The molecule has 0 bridgehead atoms. The molecule has 20 heavy (non-hydrogen) atoms. The van der Waals surface area contributed by atoms with Crippen molar-refractivity contribution in [3.8, 4) is 0 Å². The van der Waals surface area contributed by atoms with Crippen LogP contribution >= 0.6 is 0 Å². The first-order valence-electron chi connectivity index (χ1n) is 6.65. The van der Waals surface area contributed by atoms with Gasteiger partial charge in [0.2, 0.25) is 0 Å². The normalized spacial score (nSPS) is 22.8. The number of benzene rings is 1. The topological polar surface area (TPSA) is 38.5 Å². The Balaban J connectivity index is 2.23. The first-order valence-corrected chi connectivity index (χ1v) is 6.65. The molecule has 2 unspecified atom stereocenters. The predicted molar refractivity (Wildman–Crippen MR) is 70.2 cm³/mol. The molecule has 0 radical (unpaired) electrons. The van der Waals surface area contributed by atoms with Gasteiger partial charge in [0, 0.05) is 25.7 Å². The SMILES string of the molecule is CC(c1ccccc1C(F)(F)F)N1CCOC(CN)C1. The van der Waals surface area contributed by atoms with Crippen molar-refractivity contribution in [3.63, 3.8) is 0 Å². The summed E-state index contributed by atoms with van der Waals surface area (Å²) >= 11 is 0. The molecule has 0 amide bonds. The number of morpholine rings is 1. The maximum absolute atomic E-state index is 13.1. The smallest absolute Gasteiger partial charge is 0.374 e. The summed E-state index contributed by atoms with van der Waals surface area (Å²) in [5, 5.41) is 0. The van der Waals surface area contributed by atoms with E-state index in [0.29, 0.717) is 31.8 Å². The third-order valence-electron chi connectivity index (χ3n) is 3.70. The van der Waals surface area contributed by atoms with Gasteiger partial charge < -0.3 is 10.5 Å². The second-order valence-electron chi connectivity index (χ2n) is 4.98. The summed E-state index contributed by atoms with van der Waals surface area (Å²) in [5.74, 6) is 0. The van der Waals surface area contributed by atoms with E-state index < -0.39 is 11.7 Å². The number of nitrogens with zero attached hydrogens (tertiary/aromatic N) is 1. The van der Waals surface area contributed by atoms with Gasteiger partial charge in [-0.2, -0.15) is 13.2 Å². The number of halogens is 3. The summed E-state index contributed by atoms with van der Waals surface area (Å²) in [7, 11) is 0. The molecule has 1 aliphatic heterocycles. The Hall–Kier alpha value is -1.11. The van der Waals surface area contributed by atoms with Crippen molar-refractivity contribution in [3.05, 3.63) is 35.4 Å². The van der Waals surface area contributed by atoms with Gasteiger partial charge in [0.15, 0.2) is 0 Å². The molecule has 1 aliphatic rings. The quantitative estimate of drug-likeness (QED) is 0.928. The molecule has 1 aromatic rings. The average molecular weight is 288 g/mol. The Bertz CT molecular complexity index is 450. The zero-order chi connectivity index (χ0) is 14.8. The third kappa shape index (κ3) is 3.31. The first kappa shape index (κ1) is 15.3. The molecule has 1 saturated heterocycles.